The van der Waals surface area contributed by atoms with Gasteiger partial charge in [-0.1, -0.05) is 13.8 Å². The zero-order valence-electron chi connectivity index (χ0n) is 12.2. The van der Waals surface area contributed by atoms with Crippen LogP contribution in [0.25, 0.3) is 0 Å². The SMILES string of the molecule is CCNc1nc(C2CSCCS2)nc(C)c1C(C)C. The van der Waals surface area contributed by atoms with Crippen LogP contribution in [0, 0.1) is 6.92 Å². The maximum atomic E-state index is 4.81. The Bertz CT molecular complexity index is 429. The standard InChI is InChI=1S/C14H23N3S2/c1-5-15-14-12(9(2)3)10(4)16-13(17-14)11-8-18-6-7-19-11/h9,11H,5-8H2,1-4H3,(H,15,16,17). The van der Waals surface area contributed by atoms with Crippen molar-refractivity contribution in [2.45, 2.75) is 38.9 Å². The summed E-state index contributed by atoms with van der Waals surface area (Å²) in [5.41, 5.74) is 2.39. The van der Waals surface area contributed by atoms with E-state index in [1.165, 1.54) is 17.1 Å². The van der Waals surface area contributed by atoms with Crippen LogP contribution in [0.2, 0.25) is 0 Å². The molecule has 1 atom stereocenters. The second-order valence-electron chi connectivity index (χ2n) is 5.05. The number of rotatable bonds is 4. The molecule has 5 heteroatoms. The minimum absolute atomic E-state index is 0.455. The van der Waals surface area contributed by atoms with Crippen molar-refractivity contribution in [3.05, 3.63) is 17.1 Å². The van der Waals surface area contributed by atoms with Gasteiger partial charge in [-0.05, 0) is 19.8 Å². The molecule has 0 saturated carbocycles. The Morgan fingerprint density at radius 2 is 2.11 bits per heavy atom. The lowest BCUT2D eigenvalue weighted by molar-refractivity contribution is 0.804. The highest BCUT2D eigenvalue weighted by atomic mass is 32.2. The van der Waals surface area contributed by atoms with E-state index in [9.17, 15) is 0 Å². The van der Waals surface area contributed by atoms with Crippen LogP contribution in [0.1, 0.15) is 49.0 Å². The summed E-state index contributed by atoms with van der Waals surface area (Å²) in [6, 6.07) is 0. The molecule has 1 aliphatic rings. The average Bonchev–Trinajstić information content (AvgIpc) is 2.39. The van der Waals surface area contributed by atoms with E-state index in [0.29, 0.717) is 11.2 Å². The fourth-order valence-corrected chi connectivity index (χ4v) is 4.98. The van der Waals surface area contributed by atoms with E-state index in [2.05, 4.69) is 33.0 Å². The van der Waals surface area contributed by atoms with Crippen molar-refractivity contribution in [3.8, 4) is 0 Å². The van der Waals surface area contributed by atoms with Gasteiger partial charge < -0.3 is 5.32 Å². The molecule has 1 unspecified atom stereocenters. The zero-order chi connectivity index (χ0) is 13.8. The summed E-state index contributed by atoms with van der Waals surface area (Å²) in [6.45, 7) is 9.55. The summed E-state index contributed by atoms with van der Waals surface area (Å²) in [4.78, 5) is 9.59. The topological polar surface area (TPSA) is 37.8 Å². The molecule has 0 amide bonds. The summed E-state index contributed by atoms with van der Waals surface area (Å²) in [6.07, 6.45) is 0. The van der Waals surface area contributed by atoms with Crippen LogP contribution in [0.4, 0.5) is 5.82 Å². The van der Waals surface area contributed by atoms with Gasteiger partial charge in [0.25, 0.3) is 0 Å². The highest BCUT2D eigenvalue weighted by molar-refractivity contribution is 8.06. The van der Waals surface area contributed by atoms with Crippen LogP contribution in [0.15, 0.2) is 0 Å². The van der Waals surface area contributed by atoms with E-state index >= 15 is 0 Å². The lowest BCUT2D eigenvalue weighted by Crippen LogP contribution is -2.15. The Hall–Kier alpha value is -0.420. The first-order valence-electron chi connectivity index (χ1n) is 6.95. The van der Waals surface area contributed by atoms with Gasteiger partial charge in [-0.2, -0.15) is 11.8 Å². The average molecular weight is 297 g/mol. The van der Waals surface area contributed by atoms with Crippen molar-refractivity contribution in [1.29, 1.82) is 0 Å². The number of hydrogen-bond acceptors (Lipinski definition) is 5. The van der Waals surface area contributed by atoms with Gasteiger partial charge in [0.1, 0.15) is 11.6 Å². The molecule has 1 aromatic rings. The first kappa shape index (κ1) is 15.0. The largest absolute Gasteiger partial charge is 0.370 e. The molecule has 3 nitrogen and oxygen atoms in total. The third kappa shape index (κ3) is 3.57. The normalized spacial score (nSPS) is 19.7. The molecular formula is C14H23N3S2. The number of nitrogens with zero attached hydrogens (tertiary/aromatic N) is 2. The summed E-state index contributed by atoms with van der Waals surface area (Å²) in [5.74, 6) is 6.10. The molecule has 2 heterocycles. The van der Waals surface area contributed by atoms with Crippen LogP contribution in [-0.4, -0.2) is 33.8 Å². The van der Waals surface area contributed by atoms with Gasteiger partial charge in [-0.15, -0.1) is 11.8 Å². The molecule has 0 radical (unpaired) electrons. The number of hydrogen-bond donors (Lipinski definition) is 1. The second-order valence-corrected chi connectivity index (χ2v) is 7.51. The van der Waals surface area contributed by atoms with Gasteiger partial charge in [0.2, 0.25) is 0 Å². The molecule has 1 aliphatic heterocycles. The Morgan fingerprint density at radius 3 is 2.68 bits per heavy atom. The molecule has 1 fully saturated rings. The number of aromatic nitrogens is 2. The van der Waals surface area contributed by atoms with Crippen molar-refractivity contribution < 1.29 is 0 Å². The lowest BCUT2D eigenvalue weighted by atomic mass is 10.0. The zero-order valence-corrected chi connectivity index (χ0v) is 13.8. The predicted molar refractivity (Wildman–Crippen MR) is 87.5 cm³/mol. The number of anilines is 1. The van der Waals surface area contributed by atoms with E-state index in [0.717, 1.165) is 29.6 Å². The van der Waals surface area contributed by atoms with Crippen molar-refractivity contribution in [3.63, 3.8) is 0 Å². The van der Waals surface area contributed by atoms with Gasteiger partial charge in [-0.25, -0.2) is 9.97 Å². The Morgan fingerprint density at radius 1 is 1.32 bits per heavy atom. The molecule has 0 aliphatic carbocycles. The Balaban J connectivity index is 2.35. The summed E-state index contributed by atoms with van der Waals surface area (Å²) < 4.78 is 0. The minimum Gasteiger partial charge on any atom is -0.370 e. The third-order valence-electron chi connectivity index (χ3n) is 3.18. The van der Waals surface area contributed by atoms with Gasteiger partial charge >= 0.3 is 0 Å². The number of nitrogens with one attached hydrogen (secondary N) is 1. The number of aryl methyl sites for hydroxylation is 1. The van der Waals surface area contributed by atoms with E-state index in [4.69, 9.17) is 9.97 Å². The highest BCUT2D eigenvalue weighted by Crippen LogP contribution is 2.36. The van der Waals surface area contributed by atoms with Crippen molar-refractivity contribution in [2.75, 3.05) is 29.1 Å². The van der Waals surface area contributed by atoms with Gasteiger partial charge in [0.05, 0.1) is 5.25 Å². The smallest absolute Gasteiger partial charge is 0.144 e. The summed E-state index contributed by atoms with van der Waals surface area (Å²) in [5, 5.41) is 3.87. The molecule has 0 aromatic carbocycles. The lowest BCUT2D eigenvalue weighted by Gasteiger charge is -2.22. The molecule has 2 rings (SSSR count). The van der Waals surface area contributed by atoms with Gasteiger partial charge in [-0.3, -0.25) is 0 Å². The van der Waals surface area contributed by atoms with Crippen LogP contribution >= 0.6 is 23.5 Å². The summed E-state index contributed by atoms with van der Waals surface area (Å²) in [7, 11) is 0. The van der Waals surface area contributed by atoms with Crippen LogP contribution in [-0.2, 0) is 0 Å². The molecular weight excluding hydrogens is 274 g/mol. The Kier molecular flexibility index (Phi) is 5.39. The monoisotopic (exact) mass is 297 g/mol. The molecule has 106 valence electrons. The van der Waals surface area contributed by atoms with E-state index in [1.807, 2.05) is 23.5 Å². The fraction of sp³-hybridized carbons (Fsp3) is 0.714. The predicted octanol–water partition coefficient (Wildman–Crippen LogP) is 3.86. The van der Waals surface area contributed by atoms with Gasteiger partial charge in [0, 0.05) is 35.1 Å². The molecule has 1 N–H and O–H groups in total. The molecule has 1 saturated heterocycles. The highest BCUT2D eigenvalue weighted by Gasteiger charge is 2.22. The fourth-order valence-electron chi connectivity index (χ4n) is 2.38. The van der Waals surface area contributed by atoms with Crippen LogP contribution in [0.5, 0.6) is 0 Å². The molecule has 0 bridgehead atoms. The maximum Gasteiger partial charge on any atom is 0.144 e. The molecule has 19 heavy (non-hydrogen) atoms. The second kappa shape index (κ2) is 6.84. The number of thioether (sulfide) groups is 2. The van der Waals surface area contributed by atoms with E-state index in [-0.39, 0.29) is 0 Å². The quantitative estimate of drug-likeness (QED) is 0.913. The molecule has 0 spiro atoms. The van der Waals surface area contributed by atoms with Crippen molar-refractivity contribution in [2.24, 2.45) is 0 Å². The van der Waals surface area contributed by atoms with Crippen molar-refractivity contribution in [1.82, 2.24) is 9.97 Å². The first-order valence-corrected chi connectivity index (χ1v) is 9.15. The van der Waals surface area contributed by atoms with E-state index < -0.39 is 0 Å². The van der Waals surface area contributed by atoms with Crippen LogP contribution < -0.4 is 5.32 Å². The van der Waals surface area contributed by atoms with Gasteiger partial charge in [0.15, 0.2) is 0 Å². The van der Waals surface area contributed by atoms with Crippen LogP contribution in [0.3, 0.4) is 0 Å². The third-order valence-corrected chi connectivity index (χ3v) is 5.93. The summed E-state index contributed by atoms with van der Waals surface area (Å²) >= 11 is 4.00. The van der Waals surface area contributed by atoms with E-state index in [1.54, 1.807) is 0 Å². The first-order chi connectivity index (χ1) is 9.13. The molecule has 1 aromatic heterocycles. The van der Waals surface area contributed by atoms with Crippen molar-refractivity contribution >= 4 is 29.3 Å². The maximum absolute atomic E-state index is 4.81. The minimum atomic E-state index is 0.455. The Labute approximate surface area is 124 Å².